The first-order valence-corrected chi connectivity index (χ1v) is 12.6. The van der Waals surface area contributed by atoms with E-state index in [4.69, 9.17) is 4.74 Å². The van der Waals surface area contributed by atoms with Crippen molar-refractivity contribution in [1.29, 1.82) is 0 Å². The maximum Gasteiger partial charge on any atom is 0.295 e. The summed E-state index contributed by atoms with van der Waals surface area (Å²) in [6, 6.07) is 7.10. The second-order valence-electron chi connectivity index (χ2n) is 10.1. The summed E-state index contributed by atoms with van der Waals surface area (Å²) in [5.74, 6) is -0.801. The van der Waals surface area contributed by atoms with Gasteiger partial charge in [-0.05, 0) is 59.9 Å². The lowest BCUT2D eigenvalue weighted by Crippen LogP contribution is -2.40. The molecule has 1 saturated carbocycles. The molecule has 5 nitrogen and oxygen atoms in total. The van der Waals surface area contributed by atoms with Gasteiger partial charge in [0.1, 0.15) is 17.6 Å². The number of Topliss-reactive ketones (excluding diaryl/α,β-unsaturated/α-hetero) is 1. The Kier molecular flexibility index (Phi) is 6.41. The molecule has 2 aromatic rings. The third kappa shape index (κ3) is 4.21. The summed E-state index contributed by atoms with van der Waals surface area (Å²) in [5.41, 5.74) is 2.50. The van der Waals surface area contributed by atoms with E-state index < -0.39 is 17.7 Å². The van der Waals surface area contributed by atoms with Crippen molar-refractivity contribution >= 4 is 28.8 Å². The predicted octanol–water partition coefficient (Wildman–Crippen LogP) is 6.12. The molecule has 1 aliphatic carbocycles. The molecule has 2 aliphatic rings. The molecule has 33 heavy (non-hydrogen) atoms. The van der Waals surface area contributed by atoms with Crippen LogP contribution in [0.5, 0.6) is 5.75 Å². The van der Waals surface area contributed by atoms with Gasteiger partial charge in [-0.2, -0.15) is 0 Å². The Morgan fingerprint density at radius 2 is 1.82 bits per heavy atom. The number of aliphatic hydroxyl groups excluding tert-OH is 1. The Hall–Kier alpha value is -2.60. The van der Waals surface area contributed by atoms with Gasteiger partial charge in [0, 0.05) is 10.9 Å². The molecule has 2 heterocycles. The lowest BCUT2D eigenvalue weighted by atomic mass is 9.85. The second-order valence-corrected chi connectivity index (χ2v) is 11.1. The predicted molar refractivity (Wildman–Crippen MR) is 132 cm³/mol. The minimum atomic E-state index is -0.612. The first-order valence-electron chi connectivity index (χ1n) is 11.7. The smallest absolute Gasteiger partial charge is 0.295 e. The zero-order chi connectivity index (χ0) is 23.9. The van der Waals surface area contributed by atoms with Crippen LogP contribution in [0.2, 0.25) is 0 Å². The van der Waals surface area contributed by atoms with Gasteiger partial charge in [-0.25, -0.2) is 0 Å². The number of likely N-dealkylation sites (tertiary alicyclic amines) is 1. The summed E-state index contributed by atoms with van der Waals surface area (Å²) >= 11 is 1.53. The highest BCUT2D eigenvalue weighted by Crippen LogP contribution is 2.46. The van der Waals surface area contributed by atoms with Crippen molar-refractivity contribution in [3.8, 4) is 5.75 Å². The number of methoxy groups -OCH3 is 1. The zero-order valence-corrected chi connectivity index (χ0v) is 20.9. The summed E-state index contributed by atoms with van der Waals surface area (Å²) in [4.78, 5) is 29.5. The van der Waals surface area contributed by atoms with Crippen LogP contribution in [0.25, 0.3) is 5.76 Å². The molecule has 0 radical (unpaired) electrons. The van der Waals surface area contributed by atoms with Crippen molar-refractivity contribution in [2.45, 2.75) is 77.3 Å². The monoisotopic (exact) mass is 467 g/mol. The van der Waals surface area contributed by atoms with Gasteiger partial charge < -0.3 is 14.7 Å². The Morgan fingerprint density at radius 1 is 1.12 bits per heavy atom. The Labute approximate surface area is 200 Å². The van der Waals surface area contributed by atoms with Gasteiger partial charge in [-0.15, -0.1) is 11.3 Å². The van der Waals surface area contributed by atoms with Gasteiger partial charge >= 0.3 is 0 Å². The molecule has 1 amide bonds. The van der Waals surface area contributed by atoms with E-state index in [-0.39, 0.29) is 22.8 Å². The number of carbonyl (C=O) groups excluding carboxylic acids is 2. The minimum Gasteiger partial charge on any atom is -0.507 e. The number of amides is 1. The zero-order valence-electron chi connectivity index (χ0n) is 20.1. The Morgan fingerprint density at radius 3 is 2.39 bits per heavy atom. The van der Waals surface area contributed by atoms with E-state index >= 15 is 0 Å². The standard InChI is InChI=1S/C27H33NO4S/c1-16-13-14-33-25(16)22-21(24(30)26(31)28(22)18-9-7-6-8-10-18)23(29)19-15-17(27(2,3)4)11-12-20(19)32-5/h11-15,18,22,29H,6-10H2,1-5H3/b23-21+. The number of ether oxygens (including phenoxy) is 1. The fourth-order valence-corrected chi connectivity index (χ4v) is 6.05. The summed E-state index contributed by atoms with van der Waals surface area (Å²) in [6.07, 6.45) is 5.02. The summed E-state index contributed by atoms with van der Waals surface area (Å²) in [6.45, 7) is 8.27. The van der Waals surface area contributed by atoms with Crippen LogP contribution in [-0.4, -0.2) is 34.8 Å². The topological polar surface area (TPSA) is 66.8 Å². The number of aliphatic hydroxyl groups is 1. The second kappa shape index (κ2) is 8.98. The SMILES string of the molecule is COc1ccc(C(C)(C)C)cc1/C(O)=C1\C(=O)C(=O)N(C2CCCCC2)C1c1sccc1C. The molecule has 1 N–H and O–H groups in total. The number of thiophene rings is 1. The molecular formula is C27H33NO4S. The van der Waals surface area contributed by atoms with Gasteiger partial charge in [0.15, 0.2) is 0 Å². The lowest BCUT2D eigenvalue weighted by molar-refractivity contribution is -0.141. The van der Waals surface area contributed by atoms with E-state index in [9.17, 15) is 14.7 Å². The highest BCUT2D eigenvalue weighted by atomic mass is 32.1. The molecule has 4 rings (SSSR count). The van der Waals surface area contributed by atoms with E-state index in [1.807, 2.05) is 36.6 Å². The molecule has 1 aromatic heterocycles. The van der Waals surface area contributed by atoms with E-state index in [2.05, 4.69) is 20.8 Å². The Balaban J connectivity index is 1.93. The van der Waals surface area contributed by atoms with Crippen LogP contribution in [0.3, 0.4) is 0 Å². The van der Waals surface area contributed by atoms with Gasteiger partial charge in [0.25, 0.3) is 11.7 Å². The molecule has 1 atom stereocenters. The van der Waals surface area contributed by atoms with E-state index in [0.717, 1.165) is 48.1 Å². The van der Waals surface area contributed by atoms with Gasteiger partial charge in [-0.1, -0.05) is 46.1 Å². The fraction of sp³-hybridized carbons (Fsp3) is 0.481. The van der Waals surface area contributed by atoms with E-state index in [0.29, 0.717) is 11.3 Å². The van der Waals surface area contributed by atoms with E-state index in [1.165, 1.54) is 11.3 Å². The maximum atomic E-state index is 13.4. The number of rotatable bonds is 4. The fourth-order valence-electron chi connectivity index (χ4n) is 5.01. The van der Waals surface area contributed by atoms with Crippen molar-refractivity contribution in [2.24, 2.45) is 0 Å². The summed E-state index contributed by atoms with van der Waals surface area (Å²) in [7, 11) is 1.55. The normalized spacial score (nSPS) is 21.6. The van der Waals surface area contributed by atoms with Crippen LogP contribution in [0.15, 0.2) is 35.2 Å². The molecule has 176 valence electrons. The average Bonchev–Trinajstić information content (AvgIpc) is 3.33. The van der Waals surface area contributed by atoms with Crippen LogP contribution in [0.4, 0.5) is 0 Å². The first-order chi connectivity index (χ1) is 15.6. The van der Waals surface area contributed by atoms with Crippen molar-refractivity contribution in [3.63, 3.8) is 0 Å². The molecular weight excluding hydrogens is 434 g/mol. The molecule has 0 bridgehead atoms. The van der Waals surface area contributed by atoms with Crippen molar-refractivity contribution in [3.05, 3.63) is 56.8 Å². The summed E-state index contributed by atoms with van der Waals surface area (Å²) in [5, 5.41) is 13.6. The number of hydrogen-bond donors (Lipinski definition) is 1. The third-order valence-electron chi connectivity index (χ3n) is 6.92. The van der Waals surface area contributed by atoms with Crippen LogP contribution >= 0.6 is 11.3 Å². The van der Waals surface area contributed by atoms with E-state index in [1.54, 1.807) is 12.0 Å². The molecule has 1 unspecified atom stereocenters. The van der Waals surface area contributed by atoms with Crippen LogP contribution < -0.4 is 4.74 Å². The maximum absolute atomic E-state index is 13.4. The van der Waals surface area contributed by atoms with Gasteiger partial charge in [-0.3, -0.25) is 9.59 Å². The lowest BCUT2D eigenvalue weighted by Gasteiger charge is -2.35. The van der Waals surface area contributed by atoms with Gasteiger partial charge in [0.2, 0.25) is 0 Å². The largest absolute Gasteiger partial charge is 0.507 e. The number of hydrogen-bond acceptors (Lipinski definition) is 5. The van der Waals surface area contributed by atoms with Crippen molar-refractivity contribution in [1.82, 2.24) is 4.90 Å². The quantitative estimate of drug-likeness (QED) is 0.334. The highest BCUT2D eigenvalue weighted by molar-refractivity contribution is 7.10. The Bertz CT molecular complexity index is 1100. The third-order valence-corrected chi connectivity index (χ3v) is 7.99. The van der Waals surface area contributed by atoms with Crippen LogP contribution in [0, 0.1) is 6.92 Å². The van der Waals surface area contributed by atoms with Crippen molar-refractivity contribution in [2.75, 3.05) is 7.11 Å². The van der Waals surface area contributed by atoms with Crippen molar-refractivity contribution < 1.29 is 19.4 Å². The number of aryl methyl sites for hydroxylation is 1. The molecule has 1 aromatic carbocycles. The van der Waals surface area contributed by atoms with Crippen LogP contribution in [0.1, 0.15) is 80.5 Å². The molecule has 0 spiro atoms. The number of carbonyl (C=O) groups is 2. The average molecular weight is 468 g/mol. The number of ketones is 1. The van der Waals surface area contributed by atoms with Crippen LogP contribution in [-0.2, 0) is 15.0 Å². The highest BCUT2D eigenvalue weighted by Gasteiger charge is 2.50. The molecule has 6 heteroatoms. The number of nitrogens with zero attached hydrogens (tertiary/aromatic N) is 1. The molecule has 1 aliphatic heterocycles. The minimum absolute atomic E-state index is 0.00908. The molecule has 1 saturated heterocycles. The first kappa shape index (κ1) is 23.6. The van der Waals surface area contributed by atoms with Gasteiger partial charge in [0.05, 0.1) is 18.2 Å². The molecule has 2 fully saturated rings. The number of benzene rings is 1. The summed E-state index contributed by atoms with van der Waals surface area (Å²) < 4.78 is 5.55.